The van der Waals surface area contributed by atoms with E-state index in [1.807, 2.05) is 17.0 Å². The van der Waals surface area contributed by atoms with E-state index in [0.717, 1.165) is 6.20 Å². The maximum absolute atomic E-state index is 12.8. The highest BCUT2D eigenvalue weighted by atomic mass is 16.6. The van der Waals surface area contributed by atoms with Gasteiger partial charge in [0.2, 0.25) is 6.10 Å². The molecule has 4 rings (SSSR count). The molecule has 30 heavy (non-hydrogen) atoms. The van der Waals surface area contributed by atoms with E-state index in [-0.39, 0.29) is 30.0 Å². The first-order chi connectivity index (χ1) is 14.5. The topological polar surface area (TPSA) is 136 Å². The third kappa shape index (κ3) is 4.09. The van der Waals surface area contributed by atoms with E-state index in [9.17, 15) is 14.9 Å². The van der Waals surface area contributed by atoms with E-state index >= 15 is 0 Å². The largest absolute Gasteiger partial charge is 0.485 e. The van der Waals surface area contributed by atoms with Crippen LogP contribution in [0, 0.1) is 10.1 Å². The summed E-state index contributed by atoms with van der Waals surface area (Å²) in [7, 11) is 0. The van der Waals surface area contributed by atoms with Gasteiger partial charge < -0.3 is 25.0 Å². The SMILES string of the molecule is NC(=Nc1ccc([N+](=O)[O-])cn1)N1CCN(C(=O)[C@H]2COc3ccccc3O2)CC1. The van der Waals surface area contributed by atoms with Crippen LogP contribution in [-0.2, 0) is 4.79 Å². The molecule has 1 aromatic heterocycles. The van der Waals surface area contributed by atoms with Crippen LogP contribution in [0.4, 0.5) is 11.5 Å². The molecule has 156 valence electrons. The summed E-state index contributed by atoms with van der Waals surface area (Å²) in [5.74, 6) is 1.59. The van der Waals surface area contributed by atoms with E-state index in [0.29, 0.717) is 37.7 Å². The molecule has 2 aliphatic rings. The number of nitrogens with zero attached hydrogens (tertiary/aromatic N) is 5. The Bertz CT molecular complexity index is 972. The zero-order valence-electron chi connectivity index (χ0n) is 16.0. The minimum absolute atomic E-state index is 0.115. The summed E-state index contributed by atoms with van der Waals surface area (Å²) in [5, 5.41) is 10.7. The van der Waals surface area contributed by atoms with Crippen LogP contribution in [0.5, 0.6) is 11.5 Å². The summed E-state index contributed by atoms with van der Waals surface area (Å²) in [6, 6.07) is 10.0. The Hall–Kier alpha value is -3.89. The lowest BCUT2D eigenvalue weighted by Crippen LogP contribution is -2.56. The normalized spacial score (nSPS) is 18.8. The van der Waals surface area contributed by atoms with Gasteiger partial charge in [0.1, 0.15) is 12.8 Å². The monoisotopic (exact) mass is 412 g/mol. The number of hydrogen-bond acceptors (Lipinski definition) is 7. The maximum atomic E-state index is 12.8. The van der Waals surface area contributed by atoms with Crippen LogP contribution < -0.4 is 15.2 Å². The summed E-state index contributed by atoms with van der Waals surface area (Å²) >= 11 is 0. The number of carbonyl (C=O) groups excluding carboxylic acids is 1. The molecule has 3 heterocycles. The zero-order valence-corrected chi connectivity index (χ0v) is 16.0. The van der Waals surface area contributed by atoms with Crippen molar-refractivity contribution >= 4 is 23.4 Å². The summed E-state index contributed by atoms with van der Waals surface area (Å²) < 4.78 is 11.4. The minimum Gasteiger partial charge on any atom is -0.485 e. The second-order valence-electron chi connectivity index (χ2n) is 6.78. The number of fused-ring (bicyclic) bond motifs is 1. The molecule has 1 saturated heterocycles. The molecule has 1 aromatic carbocycles. The highest BCUT2D eigenvalue weighted by Crippen LogP contribution is 2.31. The van der Waals surface area contributed by atoms with Crippen molar-refractivity contribution in [2.45, 2.75) is 6.10 Å². The zero-order chi connectivity index (χ0) is 21.1. The molecule has 0 spiro atoms. The van der Waals surface area contributed by atoms with Crippen molar-refractivity contribution in [2.24, 2.45) is 10.7 Å². The van der Waals surface area contributed by atoms with E-state index < -0.39 is 11.0 Å². The van der Waals surface area contributed by atoms with Crippen molar-refractivity contribution < 1.29 is 19.2 Å². The van der Waals surface area contributed by atoms with Gasteiger partial charge in [-0.1, -0.05) is 12.1 Å². The smallest absolute Gasteiger partial charge is 0.287 e. The molecule has 0 bridgehead atoms. The van der Waals surface area contributed by atoms with Crippen LogP contribution >= 0.6 is 0 Å². The second-order valence-corrected chi connectivity index (χ2v) is 6.78. The Morgan fingerprint density at radius 1 is 1.13 bits per heavy atom. The molecule has 1 amide bonds. The number of aromatic nitrogens is 1. The molecule has 1 fully saturated rings. The third-order valence-corrected chi connectivity index (χ3v) is 4.87. The van der Waals surface area contributed by atoms with E-state index in [1.165, 1.54) is 12.1 Å². The lowest BCUT2D eigenvalue weighted by Gasteiger charge is -2.37. The van der Waals surface area contributed by atoms with Gasteiger partial charge in [-0.2, -0.15) is 4.99 Å². The fraction of sp³-hybridized carbons (Fsp3) is 0.316. The van der Waals surface area contributed by atoms with Crippen molar-refractivity contribution in [3.8, 4) is 11.5 Å². The fourth-order valence-corrected chi connectivity index (χ4v) is 3.24. The number of ether oxygens (including phenoxy) is 2. The van der Waals surface area contributed by atoms with E-state index in [1.54, 1.807) is 17.0 Å². The van der Waals surface area contributed by atoms with Crippen molar-refractivity contribution in [2.75, 3.05) is 32.8 Å². The molecule has 2 N–H and O–H groups in total. The Morgan fingerprint density at radius 2 is 1.83 bits per heavy atom. The van der Waals surface area contributed by atoms with Gasteiger partial charge in [-0.05, 0) is 18.2 Å². The van der Waals surface area contributed by atoms with Gasteiger partial charge in [-0.3, -0.25) is 14.9 Å². The Labute approximate surface area is 171 Å². The lowest BCUT2D eigenvalue weighted by atomic mass is 10.2. The van der Waals surface area contributed by atoms with Crippen LogP contribution in [0.2, 0.25) is 0 Å². The molecule has 0 unspecified atom stereocenters. The summed E-state index contributed by atoms with van der Waals surface area (Å²) in [5.41, 5.74) is 5.94. The first kappa shape index (κ1) is 19.4. The molecule has 2 aliphatic heterocycles. The molecule has 0 radical (unpaired) electrons. The molecule has 0 saturated carbocycles. The van der Waals surface area contributed by atoms with Crippen molar-refractivity contribution in [1.29, 1.82) is 0 Å². The van der Waals surface area contributed by atoms with Gasteiger partial charge in [-0.15, -0.1) is 0 Å². The average Bonchev–Trinajstić information content (AvgIpc) is 2.78. The molecule has 11 nitrogen and oxygen atoms in total. The molecular weight excluding hydrogens is 392 g/mol. The summed E-state index contributed by atoms with van der Waals surface area (Å²) in [6.45, 7) is 2.09. The minimum atomic E-state index is -0.679. The maximum Gasteiger partial charge on any atom is 0.287 e. The number of rotatable bonds is 3. The predicted octanol–water partition coefficient (Wildman–Crippen LogP) is 0.920. The molecule has 2 aromatic rings. The first-order valence-corrected chi connectivity index (χ1v) is 9.38. The van der Waals surface area contributed by atoms with Crippen molar-refractivity contribution in [3.05, 3.63) is 52.7 Å². The number of amides is 1. The van der Waals surface area contributed by atoms with Gasteiger partial charge in [-0.25, -0.2) is 4.98 Å². The number of pyridine rings is 1. The van der Waals surface area contributed by atoms with Crippen molar-refractivity contribution in [3.63, 3.8) is 0 Å². The van der Waals surface area contributed by atoms with Crippen LogP contribution in [0.25, 0.3) is 0 Å². The van der Waals surface area contributed by atoms with E-state index in [2.05, 4.69) is 9.98 Å². The molecule has 11 heteroatoms. The fourth-order valence-electron chi connectivity index (χ4n) is 3.24. The average molecular weight is 412 g/mol. The highest BCUT2D eigenvalue weighted by molar-refractivity contribution is 5.83. The molecular formula is C19H20N6O5. The number of benzene rings is 1. The van der Waals surface area contributed by atoms with Gasteiger partial charge >= 0.3 is 0 Å². The van der Waals surface area contributed by atoms with Gasteiger partial charge in [0.15, 0.2) is 23.3 Å². The number of para-hydroxylation sites is 2. The number of aliphatic imine (C=N–C) groups is 1. The van der Waals surface area contributed by atoms with Crippen LogP contribution in [0.15, 0.2) is 47.6 Å². The first-order valence-electron chi connectivity index (χ1n) is 9.38. The third-order valence-electron chi connectivity index (χ3n) is 4.87. The van der Waals surface area contributed by atoms with Crippen LogP contribution in [0.1, 0.15) is 0 Å². The number of hydrogen-bond donors (Lipinski definition) is 1. The van der Waals surface area contributed by atoms with Gasteiger partial charge in [0, 0.05) is 32.2 Å². The molecule has 1 atom stereocenters. The van der Waals surface area contributed by atoms with Crippen LogP contribution in [0.3, 0.4) is 0 Å². The predicted molar refractivity (Wildman–Crippen MR) is 107 cm³/mol. The Kier molecular flexibility index (Phi) is 5.33. The number of nitro groups is 1. The summed E-state index contributed by atoms with van der Waals surface area (Å²) in [6.07, 6.45) is 0.453. The molecule has 0 aliphatic carbocycles. The quantitative estimate of drug-likeness (QED) is 0.340. The number of nitrogens with two attached hydrogens (primary N) is 1. The highest BCUT2D eigenvalue weighted by Gasteiger charge is 2.33. The summed E-state index contributed by atoms with van der Waals surface area (Å²) in [4.78, 5) is 34.6. The van der Waals surface area contributed by atoms with E-state index in [4.69, 9.17) is 15.2 Å². The van der Waals surface area contributed by atoms with Gasteiger partial charge in [0.05, 0.1) is 4.92 Å². The Balaban J connectivity index is 1.33. The number of carbonyl (C=O) groups is 1. The van der Waals surface area contributed by atoms with Crippen molar-refractivity contribution in [1.82, 2.24) is 14.8 Å². The lowest BCUT2D eigenvalue weighted by molar-refractivity contribution is -0.385. The standard InChI is InChI=1S/C19H20N6O5/c20-19(22-17-6-5-13(11-21-17)25(27)28)24-9-7-23(8-10-24)18(26)16-12-29-14-3-1-2-4-15(14)30-16/h1-6,11,16H,7-10,12H2,(H2,20,21,22)/t16-/m1/s1. The second kappa shape index (κ2) is 8.23. The Morgan fingerprint density at radius 3 is 2.50 bits per heavy atom. The van der Waals surface area contributed by atoms with Crippen LogP contribution in [-0.4, -0.2) is 70.5 Å². The number of piperazine rings is 1. The van der Waals surface area contributed by atoms with Gasteiger partial charge in [0.25, 0.3) is 11.6 Å². The number of guanidine groups is 1.